The molecule has 0 unspecified atom stereocenters. The van der Waals surface area contributed by atoms with Gasteiger partial charge in [-0.1, -0.05) is 23.7 Å². The number of amides is 1. The highest BCUT2D eigenvalue weighted by molar-refractivity contribution is 6.30. The second kappa shape index (κ2) is 6.36. The Morgan fingerprint density at radius 3 is 2.23 bits per heavy atom. The molecule has 0 bridgehead atoms. The van der Waals surface area contributed by atoms with Crippen LogP contribution in [-0.2, 0) is 0 Å². The summed E-state index contributed by atoms with van der Waals surface area (Å²) in [5.41, 5.74) is 1.23. The maximum atomic E-state index is 13.7. The quantitative estimate of drug-likeness (QED) is 0.847. The van der Waals surface area contributed by atoms with Crippen molar-refractivity contribution < 1.29 is 9.18 Å². The lowest BCUT2D eigenvalue weighted by molar-refractivity contribution is 0.0742. The van der Waals surface area contributed by atoms with Gasteiger partial charge in [0.25, 0.3) is 5.91 Å². The Kier molecular flexibility index (Phi) is 4.29. The van der Waals surface area contributed by atoms with Crippen LogP contribution < -0.4 is 4.90 Å². The van der Waals surface area contributed by atoms with Crippen LogP contribution >= 0.6 is 11.6 Å². The molecule has 3 nitrogen and oxygen atoms in total. The first kappa shape index (κ1) is 14.9. The number of anilines is 1. The van der Waals surface area contributed by atoms with Crippen LogP contribution in [0.25, 0.3) is 0 Å². The largest absolute Gasteiger partial charge is 0.368 e. The van der Waals surface area contributed by atoms with Gasteiger partial charge in [0.2, 0.25) is 0 Å². The number of piperazine rings is 1. The van der Waals surface area contributed by atoms with E-state index in [2.05, 4.69) is 4.90 Å². The number of hydrogen-bond donors (Lipinski definition) is 0. The summed E-state index contributed by atoms with van der Waals surface area (Å²) in [6.45, 7) is 2.61. The monoisotopic (exact) mass is 318 g/mol. The molecular weight excluding hydrogens is 303 g/mol. The Morgan fingerprint density at radius 1 is 0.955 bits per heavy atom. The van der Waals surface area contributed by atoms with Crippen molar-refractivity contribution in [1.82, 2.24) is 4.90 Å². The lowest BCUT2D eigenvalue weighted by atomic mass is 10.1. The van der Waals surface area contributed by atoms with E-state index in [9.17, 15) is 9.18 Å². The molecule has 5 heteroatoms. The van der Waals surface area contributed by atoms with Gasteiger partial charge < -0.3 is 9.80 Å². The van der Waals surface area contributed by atoms with Crippen LogP contribution in [0.15, 0.2) is 48.5 Å². The number of nitrogens with zero attached hydrogens (tertiary/aromatic N) is 2. The molecule has 0 N–H and O–H groups in total. The van der Waals surface area contributed by atoms with Crippen LogP contribution in [0.4, 0.5) is 10.1 Å². The van der Waals surface area contributed by atoms with Gasteiger partial charge in [0.15, 0.2) is 0 Å². The van der Waals surface area contributed by atoms with Gasteiger partial charge in [-0.15, -0.1) is 0 Å². The van der Waals surface area contributed by atoms with Gasteiger partial charge >= 0.3 is 0 Å². The average Bonchev–Trinajstić information content (AvgIpc) is 2.56. The van der Waals surface area contributed by atoms with Crippen LogP contribution in [0.3, 0.4) is 0 Å². The van der Waals surface area contributed by atoms with Gasteiger partial charge in [-0.2, -0.15) is 0 Å². The molecule has 0 saturated carbocycles. The van der Waals surface area contributed by atoms with E-state index in [1.54, 1.807) is 17.0 Å². The minimum absolute atomic E-state index is 0.141. The number of carbonyl (C=O) groups excluding carboxylic acids is 1. The van der Waals surface area contributed by atoms with E-state index in [-0.39, 0.29) is 11.5 Å². The van der Waals surface area contributed by atoms with E-state index in [1.165, 1.54) is 12.1 Å². The second-order valence-corrected chi connectivity index (χ2v) is 5.67. The molecule has 1 amide bonds. The van der Waals surface area contributed by atoms with Gasteiger partial charge in [-0.05, 0) is 36.4 Å². The number of benzene rings is 2. The van der Waals surface area contributed by atoms with E-state index in [4.69, 9.17) is 11.6 Å². The van der Waals surface area contributed by atoms with Gasteiger partial charge in [0, 0.05) is 36.9 Å². The summed E-state index contributed by atoms with van der Waals surface area (Å²) in [5, 5.41) is 0.706. The molecule has 0 radical (unpaired) electrons. The van der Waals surface area contributed by atoms with E-state index >= 15 is 0 Å². The second-order valence-electron chi connectivity index (χ2n) is 5.24. The fourth-order valence-corrected chi connectivity index (χ4v) is 2.75. The van der Waals surface area contributed by atoms with Crippen LogP contribution in [0.5, 0.6) is 0 Å². The standard InChI is InChI=1S/C17H16ClFN2O/c18-13-5-7-14(8-6-13)20-9-11-21(12-10-20)17(22)15-3-1-2-4-16(15)19/h1-8H,9-12H2. The molecule has 0 aromatic heterocycles. The predicted molar refractivity (Wildman–Crippen MR) is 86.0 cm³/mol. The molecular formula is C17H16ClFN2O. The Hall–Kier alpha value is -2.07. The Balaban J connectivity index is 1.65. The molecule has 0 atom stereocenters. The van der Waals surface area contributed by atoms with Crippen molar-refractivity contribution in [3.8, 4) is 0 Å². The third-order valence-electron chi connectivity index (χ3n) is 3.86. The molecule has 2 aromatic rings. The highest BCUT2D eigenvalue weighted by Gasteiger charge is 2.23. The molecule has 2 aromatic carbocycles. The van der Waals surface area contributed by atoms with Crippen LogP contribution in [-0.4, -0.2) is 37.0 Å². The Bertz CT molecular complexity index is 667. The van der Waals surface area contributed by atoms with Crippen molar-refractivity contribution in [3.63, 3.8) is 0 Å². The molecule has 22 heavy (non-hydrogen) atoms. The van der Waals surface area contributed by atoms with Gasteiger partial charge in [0.1, 0.15) is 5.82 Å². The highest BCUT2D eigenvalue weighted by Crippen LogP contribution is 2.20. The minimum atomic E-state index is -0.465. The molecule has 1 aliphatic heterocycles. The third kappa shape index (κ3) is 3.07. The zero-order chi connectivity index (χ0) is 15.5. The summed E-state index contributed by atoms with van der Waals surface area (Å²) in [7, 11) is 0. The van der Waals surface area contributed by atoms with Crippen LogP contribution in [0.2, 0.25) is 5.02 Å². The first-order chi connectivity index (χ1) is 10.6. The van der Waals surface area contributed by atoms with Crippen molar-refractivity contribution in [1.29, 1.82) is 0 Å². The lowest BCUT2D eigenvalue weighted by Crippen LogP contribution is -2.49. The fourth-order valence-electron chi connectivity index (χ4n) is 2.62. The summed E-state index contributed by atoms with van der Waals surface area (Å²) in [5.74, 6) is -0.707. The predicted octanol–water partition coefficient (Wildman–Crippen LogP) is 3.44. The van der Waals surface area contributed by atoms with E-state index < -0.39 is 5.82 Å². The molecule has 1 saturated heterocycles. The van der Waals surface area contributed by atoms with Crippen molar-refractivity contribution in [3.05, 3.63) is 64.9 Å². The van der Waals surface area contributed by atoms with E-state index in [0.29, 0.717) is 18.1 Å². The number of rotatable bonds is 2. The van der Waals surface area contributed by atoms with E-state index in [1.807, 2.05) is 24.3 Å². The molecule has 1 aliphatic rings. The van der Waals surface area contributed by atoms with Crippen LogP contribution in [0.1, 0.15) is 10.4 Å². The Labute approximate surface area is 133 Å². The minimum Gasteiger partial charge on any atom is -0.368 e. The van der Waals surface area contributed by atoms with Gasteiger partial charge in [0.05, 0.1) is 5.56 Å². The van der Waals surface area contributed by atoms with Gasteiger partial charge in [-0.3, -0.25) is 4.79 Å². The molecule has 114 valence electrons. The smallest absolute Gasteiger partial charge is 0.256 e. The normalized spacial score (nSPS) is 15.0. The van der Waals surface area contributed by atoms with E-state index in [0.717, 1.165) is 18.8 Å². The Morgan fingerprint density at radius 2 is 1.59 bits per heavy atom. The highest BCUT2D eigenvalue weighted by atomic mass is 35.5. The molecule has 1 fully saturated rings. The molecule has 1 heterocycles. The fraction of sp³-hybridized carbons (Fsp3) is 0.235. The van der Waals surface area contributed by atoms with Crippen molar-refractivity contribution in [2.75, 3.05) is 31.1 Å². The zero-order valence-electron chi connectivity index (χ0n) is 12.0. The van der Waals surface area contributed by atoms with Crippen molar-refractivity contribution in [2.24, 2.45) is 0 Å². The zero-order valence-corrected chi connectivity index (χ0v) is 12.8. The van der Waals surface area contributed by atoms with Crippen molar-refractivity contribution >= 4 is 23.2 Å². The number of hydrogen-bond acceptors (Lipinski definition) is 2. The number of carbonyl (C=O) groups is 1. The molecule has 0 aliphatic carbocycles. The summed E-state index contributed by atoms with van der Waals surface area (Å²) in [4.78, 5) is 16.3. The van der Waals surface area contributed by atoms with Crippen LogP contribution in [0, 0.1) is 5.82 Å². The summed E-state index contributed by atoms with van der Waals surface area (Å²) < 4.78 is 13.7. The van der Waals surface area contributed by atoms with Gasteiger partial charge in [-0.25, -0.2) is 4.39 Å². The number of halogens is 2. The third-order valence-corrected chi connectivity index (χ3v) is 4.11. The van der Waals surface area contributed by atoms with Crippen molar-refractivity contribution in [2.45, 2.75) is 0 Å². The first-order valence-electron chi connectivity index (χ1n) is 7.19. The molecule has 3 rings (SSSR count). The summed E-state index contributed by atoms with van der Waals surface area (Å²) in [6, 6.07) is 13.8. The lowest BCUT2D eigenvalue weighted by Gasteiger charge is -2.36. The first-order valence-corrected chi connectivity index (χ1v) is 7.57. The molecule has 0 spiro atoms. The topological polar surface area (TPSA) is 23.6 Å². The maximum Gasteiger partial charge on any atom is 0.256 e. The average molecular weight is 319 g/mol. The summed E-state index contributed by atoms with van der Waals surface area (Å²) >= 11 is 5.89. The summed E-state index contributed by atoms with van der Waals surface area (Å²) in [6.07, 6.45) is 0. The maximum absolute atomic E-state index is 13.7. The SMILES string of the molecule is O=C(c1ccccc1F)N1CCN(c2ccc(Cl)cc2)CC1.